The van der Waals surface area contributed by atoms with Crippen LogP contribution in [0.25, 0.3) is 11.1 Å². The van der Waals surface area contributed by atoms with E-state index in [1.165, 1.54) is 12.8 Å². The summed E-state index contributed by atoms with van der Waals surface area (Å²) in [5, 5.41) is 19.8. The third-order valence-corrected chi connectivity index (χ3v) is 5.29. The van der Waals surface area contributed by atoms with Gasteiger partial charge in [-0.05, 0) is 48.2 Å². The summed E-state index contributed by atoms with van der Waals surface area (Å²) < 4.78 is 0. The highest BCUT2D eigenvalue weighted by molar-refractivity contribution is 5.96. The monoisotopic (exact) mass is 420 g/mol. The summed E-state index contributed by atoms with van der Waals surface area (Å²) in [5.74, 6) is -0.200. The fourth-order valence-corrected chi connectivity index (χ4v) is 3.69. The van der Waals surface area contributed by atoms with E-state index >= 15 is 0 Å². The van der Waals surface area contributed by atoms with Crippen molar-refractivity contribution in [2.45, 2.75) is 38.3 Å². The number of nitrogens with zero attached hydrogens (tertiary/aromatic N) is 1. The van der Waals surface area contributed by atoms with E-state index in [4.69, 9.17) is 5.11 Å². The summed E-state index contributed by atoms with van der Waals surface area (Å²) in [7, 11) is 1.00. The number of nitrogens with one attached hydrogen (secondary N) is 3. The van der Waals surface area contributed by atoms with Crippen LogP contribution in [0.2, 0.25) is 0 Å². The lowest BCUT2D eigenvalue weighted by Gasteiger charge is -2.13. The first kappa shape index (κ1) is 22.2. The molecule has 1 saturated carbocycles. The number of rotatable bonds is 6. The Kier molecular flexibility index (Phi) is 7.95. The molecule has 162 valence electrons. The number of hydrogen-bond acceptors (Lipinski definition) is 4. The smallest absolute Gasteiger partial charge is 0.251 e. The Bertz CT molecular complexity index is 996. The molecular formula is C24H28N4O3. The summed E-state index contributed by atoms with van der Waals surface area (Å²) in [6.07, 6.45) is 7.98. The molecular weight excluding hydrogens is 392 g/mol. The molecule has 1 aliphatic carbocycles. The molecule has 0 unspecified atom stereocenters. The van der Waals surface area contributed by atoms with Crippen LogP contribution < -0.4 is 10.6 Å². The molecule has 0 saturated heterocycles. The molecule has 31 heavy (non-hydrogen) atoms. The molecule has 0 radical (unpaired) electrons. The minimum absolute atomic E-state index is 0.0436. The van der Waals surface area contributed by atoms with Gasteiger partial charge in [0.1, 0.15) is 0 Å². The number of carbonyl (C=O) groups is 2. The van der Waals surface area contributed by atoms with Crippen LogP contribution in [0.3, 0.4) is 0 Å². The maximum Gasteiger partial charge on any atom is 0.251 e. The van der Waals surface area contributed by atoms with Crippen LogP contribution in [0.5, 0.6) is 0 Å². The van der Waals surface area contributed by atoms with Gasteiger partial charge in [-0.1, -0.05) is 37.1 Å². The molecule has 4 N–H and O–H groups in total. The molecule has 0 aliphatic heterocycles. The van der Waals surface area contributed by atoms with Gasteiger partial charge in [-0.25, -0.2) is 0 Å². The van der Waals surface area contributed by atoms with E-state index in [0.29, 0.717) is 17.7 Å². The van der Waals surface area contributed by atoms with E-state index < -0.39 is 0 Å². The Morgan fingerprint density at radius 2 is 1.71 bits per heavy atom. The molecule has 0 spiro atoms. The lowest BCUT2D eigenvalue weighted by molar-refractivity contribution is 0.0935. The summed E-state index contributed by atoms with van der Waals surface area (Å²) in [5.41, 5.74) is 3.96. The average molecular weight is 421 g/mol. The van der Waals surface area contributed by atoms with Crippen LogP contribution in [-0.2, 0) is 6.54 Å². The number of hydrogen-bond donors (Lipinski definition) is 4. The van der Waals surface area contributed by atoms with Gasteiger partial charge in [0.05, 0.1) is 6.20 Å². The number of H-pyrrole nitrogens is 1. The molecule has 1 heterocycles. The Hall–Kier alpha value is -3.45. The molecule has 7 heteroatoms. The minimum atomic E-state index is -0.156. The van der Waals surface area contributed by atoms with Crippen LogP contribution >= 0.6 is 0 Å². The van der Waals surface area contributed by atoms with Crippen LogP contribution in [0, 0.1) is 0 Å². The zero-order valence-electron chi connectivity index (χ0n) is 17.6. The number of aliphatic hydroxyl groups is 1. The first-order valence-electron chi connectivity index (χ1n) is 10.4. The highest BCUT2D eigenvalue weighted by Crippen LogP contribution is 2.19. The normalized spacial score (nSPS) is 13.2. The van der Waals surface area contributed by atoms with Crippen molar-refractivity contribution in [3.05, 3.63) is 77.6 Å². The molecule has 7 nitrogen and oxygen atoms in total. The lowest BCUT2D eigenvalue weighted by atomic mass is 10.1. The lowest BCUT2D eigenvalue weighted by Crippen LogP contribution is -2.32. The van der Waals surface area contributed by atoms with Gasteiger partial charge >= 0.3 is 0 Å². The molecule has 3 aromatic rings. The second kappa shape index (κ2) is 11.1. The Labute approximate surface area is 181 Å². The topological polar surface area (TPSA) is 107 Å². The van der Waals surface area contributed by atoms with Crippen molar-refractivity contribution in [1.82, 2.24) is 20.8 Å². The maximum absolute atomic E-state index is 12.6. The first-order chi connectivity index (χ1) is 15.2. The number of aliphatic hydroxyl groups excluding tert-OH is 1. The maximum atomic E-state index is 12.6. The van der Waals surface area contributed by atoms with Crippen LogP contribution in [0.15, 0.2) is 60.9 Å². The minimum Gasteiger partial charge on any atom is -0.400 e. The fourth-order valence-electron chi connectivity index (χ4n) is 3.69. The highest BCUT2D eigenvalue weighted by atomic mass is 16.2. The molecule has 4 rings (SSSR count). The predicted octanol–water partition coefficient (Wildman–Crippen LogP) is 3.29. The third kappa shape index (κ3) is 6.02. The van der Waals surface area contributed by atoms with Crippen molar-refractivity contribution >= 4 is 11.8 Å². The third-order valence-electron chi connectivity index (χ3n) is 5.29. The SMILES string of the molecule is CO.O=C(NCc1cccc(C(=O)NC2CCCC2)c1)c1cccc(-c2cn[nH]c2)c1. The number of carbonyl (C=O) groups excluding carboxylic acids is 2. The van der Waals surface area contributed by atoms with Gasteiger partial charge in [-0.3, -0.25) is 14.7 Å². The number of benzene rings is 2. The molecule has 0 bridgehead atoms. The zero-order chi connectivity index (χ0) is 22.1. The van der Waals surface area contributed by atoms with Crippen molar-refractivity contribution < 1.29 is 14.7 Å². The van der Waals surface area contributed by atoms with Gasteiger partial charge in [0, 0.05) is 42.6 Å². The number of amides is 2. The molecule has 0 atom stereocenters. The van der Waals surface area contributed by atoms with E-state index in [-0.39, 0.29) is 17.9 Å². The zero-order valence-corrected chi connectivity index (χ0v) is 17.6. The van der Waals surface area contributed by atoms with Crippen molar-refractivity contribution in [2.75, 3.05) is 7.11 Å². The predicted molar refractivity (Wildman–Crippen MR) is 120 cm³/mol. The molecule has 2 amide bonds. The van der Waals surface area contributed by atoms with Crippen LogP contribution in [0.4, 0.5) is 0 Å². The molecule has 2 aromatic carbocycles. The van der Waals surface area contributed by atoms with E-state index in [2.05, 4.69) is 20.8 Å². The number of aromatic amines is 1. The van der Waals surface area contributed by atoms with Gasteiger partial charge in [-0.2, -0.15) is 5.10 Å². The van der Waals surface area contributed by atoms with E-state index in [9.17, 15) is 9.59 Å². The Balaban J connectivity index is 0.00000132. The first-order valence-corrected chi connectivity index (χ1v) is 10.4. The van der Waals surface area contributed by atoms with Gasteiger partial charge in [0.25, 0.3) is 11.8 Å². The van der Waals surface area contributed by atoms with Crippen LogP contribution in [-0.4, -0.2) is 40.3 Å². The summed E-state index contributed by atoms with van der Waals surface area (Å²) >= 11 is 0. The van der Waals surface area contributed by atoms with Gasteiger partial charge in [0.2, 0.25) is 0 Å². The van der Waals surface area contributed by atoms with E-state index in [0.717, 1.165) is 36.6 Å². The summed E-state index contributed by atoms with van der Waals surface area (Å²) in [4.78, 5) is 25.0. The van der Waals surface area contributed by atoms with E-state index in [1.807, 2.05) is 42.5 Å². The summed E-state index contributed by atoms with van der Waals surface area (Å²) in [6.45, 7) is 0.360. The van der Waals surface area contributed by atoms with Gasteiger partial charge < -0.3 is 15.7 Å². The Morgan fingerprint density at radius 1 is 1.00 bits per heavy atom. The van der Waals surface area contributed by atoms with E-state index in [1.54, 1.807) is 18.5 Å². The standard InChI is InChI=1S/C23H24N4O2.CH4O/c28-22(19-8-4-6-17(12-19)20-14-25-26-15-20)24-13-16-5-3-7-18(11-16)23(29)27-21-9-1-2-10-21;1-2/h3-8,11-12,14-15,21H,1-2,9-10,13H2,(H,24,28)(H,25,26)(H,27,29);2H,1H3. The second-order valence-electron chi connectivity index (χ2n) is 7.41. The number of aromatic nitrogens is 2. The van der Waals surface area contributed by atoms with Gasteiger partial charge in [-0.15, -0.1) is 0 Å². The molecule has 1 aliphatic rings. The van der Waals surface area contributed by atoms with Crippen molar-refractivity contribution in [3.8, 4) is 11.1 Å². The largest absolute Gasteiger partial charge is 0.400 e. The second-order valence-corrected chi connectivity index (χ2v) is 7.41. The highest BCUT2D eigenvalue weighted by Gasteiger charge is 2.18. The average Bonchev–Trinajstić information content (AvgIpc) is 3.54. The summed E-state index contributed by atoms with van der Waals surface area (Å²) in [6, 6.07) is 15.1. The molecule has 1 fully saturated rings. The Morgan fingerprint density at radius 3 is 2.42 bits per heavy atom. The van der Waals surface area contributed by atoms with Gasteiger partial charge in [0.15, 0.2) is 0 Å². The molecule has 1 aromatic heterocycles. The fraction of sp³-hybridized carbons (Fsp3) is 0.292. The quantitative estimate of drug-likeness (QED) is 0.491. The van der Waals surface area contributed by atoms with Crippen molar-refractivity contribution in [3.63, 3.8) is 0 Å². The van der Waals surface area contributed by atoms with Crippen LogP contribution in [0.1, 0.15) is 52.0 Å². The van der Waals surface area contributed by atoms with Crippen molar-refractivity contribution in [2.24, 2.45) is 0 Å². The van der Waals surface area contributed by atoms with Crippen molar-refractivity contribution in [1.29, 1.82) is 0 Å².